The topological polar surface area (TPSA) is 20.3 Å². The van der Waals surface area contributed by atoms with Gasteiger partial charge in [0.25, 0.3) is 0 Å². The monoisotopic (exact) mass is 213 g/mol. The number of benzene rings is 1. The first-order valence-electron chi connectivity index (χ1n) is 5.41. The minimum Gasteiger partial charge on any atom is -0.308 e. The molecule has 2 rings (SSSR count). The lowest BCUT2D eigenvalue weighted by atomic mass is 10.1. The Labute approximate surface area is 95.9 Å². The molecule has 0 saturated heterocycles. The number of fused-ring (bicyclic) bond motifs is 1. The summed E-state index contributed by atoms with van der Waals surface area (Å²) in [6.07, 6.45) is 4.84. The fraction of sp³-hybridized carbons (Fsp3) is 0.214. The predicted octanol–water partition coefficient (Wildman–Crippen LogP) is 3.01. The second kappa shape index (κ2) is 4.35. The summed E-state index contributed by atoms with van der Waals surface area (Å²) in [4.78, 5) is 13.3. The molecular formula is C14H15NO. The van der Waals surface area contributed by atoms with Crippen LogP contribution in [0.1, 0.15) is 18.9 Å². The number of hydrogen-bond donors (Lipinski definition) is 0. The van der Waals surface area contributed by atoms with Crippen LogP contribution < -0.4 is 4.90 Å². The maximum Gasteiger partial charge on any atom is 0.224 e. The van der Waals surface area contributed by atoms with Gasteiger partial charge in [0.15, 0.2) is 0 Å². The van der Waals surface area contributed by atoms with Crippen molar-refractivity contribution in [1.82, 2.24) is 0 Å². The number of hydrogen-bond acceptors (Lipinski definition) is 1. The molecule has 1 heterocycles. The normalized spacial score (nSPS) is 16.3. The van der Waals surface area contributed by atoms with E-state index in [0.29, 0.717) is 6.54 Å². The van der Waals surface area contributed by atoms with Crippen molar-refractivity contribution in [3.05, 3.63) is 48.6 Å². The first-order chi connectivity index (χ1) is 7.74. The van der Waals surface area contributed by atoms with Crippen molar-refractivity contribution in [2.75, 3.05) is 11.4 Å². The smallest absolute Gasteiger partial charge is 0.224 e. The Balaban J connectivity index is 2.42. The fourth-order valence-corrected chi connectivity index (χ4v) is 2.00. The van der Waals surface area contributed by atoms with Crippen molar-refractivity contribution in [2.45, 2.75) is 13.3 Å². The Kier molecular flexibility index (Phi) is 2.91. The Morgan fingerprint density at radius 3 is 2.94 bits per heavy atom. The zero-order valence-electron chi connectivity index (χ0n) is 9.44. The van der Waals surface area contributed by atoms with Crippen molar-refractivity contribution in [2.24, 2.45) is 0 Å². The number of anilines is 1. The minimum atomic E-state index is 0.0921. The van der Waals surface area contributed by atoms with Crippen LogP contribution in [0.3, 0.4) is 0 Å². The van der Waals surface area contributed by atoms with Crippen molar-refractivity contribution in [1.29, 1.82) is 0 Å². The van der Waals surface area contributed by atoms with Gasteiger partial charge >= 0.3 is 0 Å². The lowest BCUT2D eigenvalue weighted by Crippen LogP contribution is -2.25. The number of nitrogens with zero attached hydrogens (tertiary/aromatic N) is 1. The summed E-state index contributed by atoms with van der Waals surface area (Å²) in [6, 6.07) is 8.02. The van der Waals surface area contributed by atoms with Crippen LogP contribution in [0.5, 0.6) is 0 Å². The minimum absolute atomic E-state index is 0.0921. The van der Waals surface area contributed by atoms with Crippen LogP contribution in [0.2, 0.25) is 0 Å². The molecule has 2 nitrogen and oxygen atoms in total. The lowest BCUT2D eigenvalue weighted by molar-refractivity contribution is -0.116. The first-order valence-corrected chi connectivity index (χ1v) is 5.41. The summed E-state index contributed by atoms with van der Waals surface area (Å²) in [5.74, 6) is 0.0921. The van der Waals surface area contributed by atoms with Crippen molar-refractivity contribution >= 4 is 17.2 Å². The van der Waals surface area contributed by atoms with Gasteiger partial charge in [-0.25, -0.2) is 0 Å². The molecule has 1 aromatic carbocycles. The number of carbonyl (C=O) groups is 1. The van der Waals surface area contributed by atoms with Crippen LogP contribution >= 0.6 is 0 Å². The van der Waals surface area contributed by atoms with E-state index >= 15 is 0 Å². The average molecular weight is 213 g/mol. The molecule has 0 spiro atoms. The number of para-hydroxylation sites is 1. The Morgan fingerprint density at radius 1 is 1.50 bits per heavy atom. The third-order valence-electron chi connectivity index (χ3n) is 2.78. The SMILES string of the molecule is C=CC/C=C1/CN(C(C)=O)c2ccccc21. The molecule has 16 heavy (non-hydrogen) atoms. The molecule has 2 heteroatoms. The standard InChI is InChI=1S/C14H15NO/c1-3-4-7-12-10-15(11(2)16)14-9-6-5-8-13(12)14/h3,5-9H,1,4,10H2,2H3/b12-7-. The number of rotatable bonds is 2. The van der Waals surface area contributed by atoms with E-state index in [0.717, 1.165) is 12.1 Å². The quantitative estimate of drug-likeness (QED) is 0.691. The molecule has 0 fully saturated rings. The van der Waals surface area contributed by atoms with Crippen LogP contribution in [-0.2, 0) is 4.79 Å². The van der Waals surface area contributed by atoms with Gasteiger partial charge in [-0.1, -0.05) is 30.4 Å². The molecule has 1 aliphatic heterocycles. The number of allylic oxidation sites excluding steroid dienone is 2. The van der Waals surface area contributed by atoms with Gasteiger partial charge in [-0.15, -0.1) is 6.58 Å². The van der Waals surface area contributed by atoms with E-state index in [4.69, 9.17) is 0 Å². The van der Waals surface area contributed by atoms with E-state index < -0.39 is 0 Å². The van der Waals surface area contributed by atoms with Gasteiger partial charge in [0.05, 0.1) is 12.2 Å². The molecule has 0 bridgehead atoms. The molecule has 0 radical (unpaired) electrons. The second-order valence-corrected chi connectivity index (χ2v) is 3.88. The largest absolute Gasteiger partial charge is 0.308 e. The average Bonchev–Trinajstić information content (AvgIpc) is 2.65. The van der Waals surface area contributed by atoms with Crippen LogP contribution in [0.15, 0.2) is 43.0 Å². The van der Waals surface area contributed by atoms with Crippen molar-refractivity contribution in [3.63, 3.8) is 0 Å². The summed E-state index contributed by atoms with van der Waals surface area (Å²) in [5, 5.41) is 0. The van der Waals surface area contributed by atoms with E-state index in [1.54, 1.807) is 6.92 Å². The molecule has 0 saturated carbocycles. The van der Waals surface area contributed by atoms with Crippen LogP contribution in [-0.4, -0.2) is 12.5 Å². The van der Waals surface area contributed by atoms with Crippen LogP contribution in [0.4, 0.5) is 5.69 Å². The lowest BCUT2D eigenvalue weighted by Gasteiger charge is -2.13. The van der Waals surface area contributed by atoms with Gasteiger partial charge in [-0.3, -0.25) is 4.79 Å². The summed E-state index contributed by atoms with van der Waals surface area (Å²) < 4.78 is 0. The number of amides is 1. The van der Waals surface area contributed by atoms with Gasteiger partial charge in [0, 0.05) is 12.5 Å². The van der Waals surface area contributed by atoms with Crippen molar-refractivity contribution in [3.8, 4) is 0 Å². The molecule has 0 aliphatic carbocycles. The molecule has 82 valence electrons. The maximum absolute atomic E-state index is 11.5. The highest BCUT2D eigenvalue weighted by atomic mass is 16.2. The molecule has 1 aliphatic rings. The van der Waals surface area contributed by atoms with Crippen LogP contribution in [0, 0.1) is 0 Å². The van der Waals surface area contributed by atoms with Gasteiger partial charge in [-0.05, 0) is 18.1 Å². The van der Waals surface area contributed by atoms with Gasteiger partial charge in [0.1, 0.15) is 0 Å². The third-order valence-corrected chi connectivity index (χ3v) is 2.78. The molecular weight excluding hydrogens is 198 g/mol. The Bertz CT molecular complexity index is 460. The highest BCUT2D eigenvalue weighted by Gasteiger charge is 2.24. The molecule has 0 N–H and O–H groups in total. The fourth-order valence-electron chi connectivity index (χ4n) is 2.00. The Morgan fingerprint density at radius 2 is 2.25 bits per heavy atom. The summed E-state index contributed by atoms with van der Waals surface area (Å²) in [6.45, 7) is 5.99. The zero-order valence-corrected chi connectivity index (χ0v) is 9.44. The van der Waals surface area contributed by atoms with Gasteiger partial charge in [-0.2, -0.15) is 0 Å². The van der Waals surface area contributed by atoms with E-state index in [1.165, 1.54) is 11.1 Å². The second-order valence-electron chi connectivity index (χ2n) is 3.88. The molecule has 0 atom stereocenters. The summed E-state index contributed by atoms with van der Waals surface area (Å²) in [5.41, 5.74) is 3.40. The zero-order chi connectivity index (χ0) is 11.5. The highest BCUT2D eigenvalue weighted by Crippen LogP contribution is 2.35. The molecule has 1 amide bonds. The first kappa shape index (κ1) is 10.7. The predicted molar refractivity (Wildman–Crippen MR) is 67.3 cm³/mol. The van der Waals surface area contributed by atoms with E-state index in [-0.39, 0.29) is 5.91 Å². The maximum atomic E-state index is 11.5. The van der Waals surface area contributed by atoms with E-state index in [1.807, 2.05) is 29.2 Å². The van der Waals surface area contributed by atoms with Crippen molar-refractivity contribution < 1.29 is 4.79 Å². The number of carbonyl (C=O) groups excluding carboxylic acids is 1. The molecule has 0 aromatic heterocycles. The van der Waals surface area contributed by atoms with Gasteiger partial charge in [0.2, 0.25) is 5.91 Å². The van der Waals surface area contributed by atoms with E-state index in [2.05, 4.69) is 18.7 Å². The molecule has 1 aromatic rings. The van der Waals surface area contributed by atoms with E-state index in [9.17, 15) is 4.79 Å². The Hall–Kier alpha value is -1.83. The highest BCUT2D eigenvalue weighted by molar-refractivity contribution is 6.01. The summed E-state index contributed by atoms with van der Waals surface area (Å²) >= 11 is 0. The summed E-state index contributed by atoms with van der Waals surface area (Å²) in [7, 11) is 0. The van der Waals surface area contributed by atoms with Gasteiger partial charge < -0.3 is 4.90 Å². The van der Waals surface area contributed by atoms with Crippen LogP contribution in [0.25, 0.3) is 5.57 Å². The molecule has 0 unspecified atom stereocenters. The third kappa shape index (κ3) is 1.78.